The van der Waals surface area contributed by atoms with Crippen LogP contribution in [0.25, 0.3) is 132 Å². The van der Waals surface area contributed by atoms with Crippen LogP contribution < -0.4 is 9.80 Å². The first-order valence-corrected chi connectivity index (χ1v) is 31.2. The van der Waals surface area contributed by atoms with E-state index in [-0.39, 0.29) is 0 Å². The number of hydrogen-bond donors (Lipinski definition) is 0. The Bertz CT molecular complexity index is 5250. The molecule has 2 aromatic heterocycles. The van der Waals surface area contributed by atoms with E-state index in [2.05, 4.69) is 318 Å². The van der Waals surface area contributed by atoms with Crippen molar-refractivity contribution < 1.29 is 8.83 Å². The van der Waals surface area contributed by atoms with Crippen molar-refractivity contribution in [1.82, 2.24) is 0 Å². The molecule has 4 heteroatoms. The fourth-order valence-electron chi connectivity index (χ4n) is 14.8. The third kappa shape index (κ3) is 8.14. The van der Waals surface area contributed by atoms with Gasteiger partial charge in [0.25, 0.3) is 0 Å². The van der Waals surface area contributed by atoms with Crippen LogP contribution in [-0.2, 0) is 0 Å². The number of benzene rings is 14. The highest BCUT2D eigenvalue weighted by Gasteiger charge is 2.39. The highest BCUT2D eigenvalue weighted by molar-refractivity contribution is 6.33. The SMILES string of the molecule is Cc1ccc(C)c(N(c2ccc3c(-c4ccccc4)c4c(c(-c5ccccc5)c3c2)-c2c-4c(-c3ccccc3)c3ccc(N(c4cc(C)ccc4C)c4c(C)ccc5c4oc4ccccc45)cc3c2-c2ccccc2)c2c(C)ccc3c2oc2ccccc23)c1. The molecule has 14 aromatic carbocycles. The van der Waals surface area contributed by atoms with Crippen LogP contribution in [0.3, 0.4) is 0 Å². The molecule has 0 fully saturated rings. The number of aryl methyl sites for hydroxylation is 6. The lowest BCUT2D eigenvalue weighted by atomic mass is 9.65. The molecule has 17 rings (SSSR count). The van der Waals surface area contributed by atoms with Crippen LogP contribution in [-0.4, -0.2) is 0 Å². The van der Waals surface area contributed by atoms with Crippen molar-refractivity contribution in [1.29, 1.82) is 0 Å². The predicted molar refractivity (Wildman–Crippen MR) is 380 cm³/mol. The Hall–Kier alpha value is -11.2. The van der Waals surface area contributed by atoms with Gasteiger partial charge in [-0.3, -0.25) is 0 Å². The smallest absolute Gasteiger partial charge is 0.159 e. The van der Waals surface area contributed by atoms with E-state index in [1.165, 1.54) is 88.7 Å². The summed E-state index contributed by atoms with van der Waals surface area (Å²) in [7, 11) is 0. The van der Waals surface area contributed by atoms with E-state index in [0.717, 1.165) is 111 Å². The van der Waals surface area contributed by atoms with Crippen LogP contribution in [0.1, 0.15) is 33.4 Å². The Morgan fingerprint density at radius 1 is 0.233 bits per heavy atom. The third-order valence-electron chi connectivity index (χ3n) is 19.0. The summed E-state index contributed by atoms with van der Waals surface area (Å²) in [5, 5.41) is 9.08. The van der Waals surface area contributed by atoms with E-state index in [0.29, 0.717) is 0 Å². The number of rotatable bonds is 10. The van der Waals surface area contributed by atoms with E-state index in [1.807, 2.05) is 0 Å². The number of hydrogen-bond acceptors (Lipinski definition) is 4. The van der Waals surface area contributed by atoms with Crippen LogP contribution in [0.2, 0.25) is 0 Å². The average molecular weight is 1160 g/mol. The first-order valence-electron chi connectivity index (χ1n) is 31.2. The summed E-state index contributed by atoms with van der Waals surface area (Å²) in [4.78, 5) is 4.94. The van der Waals surface area contributed by atoms with Crippen molar-refractivity contribution in [2.24, 2.45) is 0 Å². The zero-order chi connectivity index (χ0) is 60.5. The van der Waals surface area contributed by atoms with Gasteiger partial charge >= 0.3 is 0 Å². The summed E-state index contributed by atoms with van der Waals surface area (Å²) >= 11 is 0. The second-order valence-electron chi connectivity index (χ2n) is 24.6. The quantitative estimate of drug-likeness (QED) is 0.137. The minimum atomic E-state index is 0.865. The zero-order valence-corrected chi connectivity index (χ0v) is 51.1. The molecule has 0 spiro atoms. The van der Waals surface area contributed by atoms with Gasteiger partial charge in [-0.1, -0.05) is 218 Å². The van der Waals surface area contributed by atoms with Crippen LogP contribution >= 0.6 is 0 Å². The molecule has 16 aromatic rings. The van der Waals surface area contributed by atoms with E-state index in [9.17, 15) is 0 Å². The Kier molecular flexibility index (Phi) is 12.2. The van der Waals surface area contributed by atoms with Crippen LogP contribution in [0.15, 0.2) is 276 Å². The summed E-state index contributed by atoms with van der Waals surface area (Å²) in [6.45, 7) is 13.3. The molecule has 0 bridgehead atoms. The van der Waals surface area contributed by atoms with Gasteiger partial charge in [-0.25, -0.2) is 0 Å². The molecule has 0 radical (unpaired) electrons. The lowest BCUT2D eigenvalue weighted by molar-refractivity contribution is 0.668. The second-order valence-corrected chi connectivity index (χ2v) is 24.6. The maximum atomic E-state index is 7.01. The fourth-order valence-corrected chi connectivity index (χ4v) is 14.8. The summed E-state index contributed by atoms with van der Waals surface area (Å²) < 4.78 is 14.0. The number of fused-ring (bicyclic) bond motifs is 12. The molecular formula is C86H62N2O2. The number of nitrogens with zero attached hydrogens (tertiary/aromatic N) is 2. The van der Waals surface area contributed by atoms with Crippen molar-refractivity contribution >= 4 is 99.5 Å². The van der Waals surface area contributed by atoms with Gasteiger partial charge in [-0.15, -0.1) is 0 Å². The van der Waals surface area contributed by atoms with Gasteiger partial charge in [0.2, 0.25) is 0 Å². The summed E-state index contributed by atoms with van der Waals surface area (Å²) in [5.41, 5.74) is 31.2. The Labute approximate surface area is 523 Å². The van der Waals surface area contributed by atoms with Crippen LogP contribution in [0, 0.1) is 41.5 Å². The molecule has 0 saturated heterocycles. The summed E-state index contributed by atoms with van der Waals surface area (Å²) in [6, 6.07) is 98.4. The molecule has 1 aliphatic carbocycles. The monoisotopic (exact) mass is 1150 g/mol. The van der Waals surface area contributed by atoms with Crippen molar-refractivity contribution in [2.75, 3.05) is 9.80 Å². The third-order valence-corrected chi connectivity index (χ3v) is 19.0. The van der Waals surface area contributed by atoms with Gasteiger partial charge < -0.3 is 18.6 Å². The van der Waals surface area contributed by atoms with Gasteiger partial charge in [0.1, 0.15) is 11.2 Å². The van der Waals surface area contributed by atoms with Crippen molar-refractivity contribution in [2.45, 2.75) is 41.5 Å². The van der Waals surface area contributed by atoms with E-state index < -0.39 is 0 Å². The minimum Gasteiger partial charge on any atom is -0.454 e. The van der Waals surface area contributed by atoms with Crippen LogP contribution in [0.4, 0.5) is 34.1 Å². The highest BCUT2D eigenvalue weighted by atomic mass is 16.3. The molecule has 0 unspecified atom stereocenters. The Morgan fingerprint density at radius 3 is 0.911 bits per heavy atom. The molecule has 2 heterocycles. The molecule has 428 valence electrons. The Balaban J connectivity index is 1.02. The molecule has 4 nitrogen and oxygen atoms in total. The second kappa shape index (κ2) is 20.7. The topological polar surface area (TPSA) is 32.8 Å². The average Bonchev–Trinajstić information content (AvgIpc) is 1.03. The first kappa shape index (κ1) is 53.1. The number of furan rings is 2. The van der Waals surface area contributed by atoms with Crippen molar-refractivity contribution in [3.8, 4) is 66.8 Å². The molecular weight excluding hydrogens is 1090 g/mol. The largest absolute Gasteiger partial charge is 0.454 e. The maximum Gasteiger partial charge on any atom is 0.159 e. The normalized spacial score (nSPS) is 11.9. The molecule has 0 aliphatic heterocycles. The molecule has 0 amide bonds. The van der Waals surface area contributed by atoms with Gasteiger partial charge in [-0.05, 0) is 212 Å². The molecule has 0 atom stereocenters. The highest BCUT2D eigenvalue weighted by Crippen LogP contribution is 2.66. The van der Waals surface area contributed by atoms with Crippen LogP contribution in [0.5, 0.6) is 0 Å². The molecule has 0 N–H and O–H groups in total. The van der Waals surface area contributed by atoms with E-state index in [4.69, 9.17) is 8.83 Å². The van der Waals surface area contributed by atoms with Gasteiger partial charge in [0, 0.05) is 44.3 Å². The number of para-hydroxylation sites is 2. The lowest BCUT2D eigenvalue weighted by Gasteiger charge is -2.38. The molecule has 1 aliphatic rings. The number of anilines is 6. The Morgan fingerprint density at radius 2 is 0.544 bits per heavy atom. The van der Waals surface area contributed by atoms with Gasteiger partial charge in [0.15, 0.2) is 11.2 Å². The lowest BCUT2D eigenvalue weighted by Crippen LogP contribution is -2.14. The minimum absolute atomic E-state index is 0.865. The summed E-state index contributed by atoms with van der Waals surface area (Å²) in [6.07, 6.45) is 0. The zero-order valence-electron chi connectivity index (χ0n) is 51.1. The summed E-state index contributed by atoms with van der Waals surface area (Å²) in [5.74, 6) is 0. The van der Waals surface area contributed by atoms with Gasteiger partial charge in [0.05, 0.1) is 11.4 Å². The predicted octanol–water partition coefficient (Wildman–Crippen LogP) is 24.9. The molecule has 0 saturated carbocycles. The van der Waals surface area contributed by atoms with Gasteiger partial charge in [-0.2, -0.15) is 0 Å². The molecule has 90 heavy (non-hydrogen) atoms. The van der Waals surface area contributed by atoms with Crippen molar-refractivity contribution in [3.05, 3.63) is 300 Å². The van der Waals surface area contributed by atoms with E-state index >= 15 is 0 Å². The standard InChI is InChI=1S/C86H62N2O2/c1-51-35-37-53(3)71(47-51)87(83-55(5)39-43-67-63-31-19-21-33-73(63)89-85(67)83)61-41-45-65-69(49-61)77(59-27-15-9-16-28-59)81-79(75(65)57-23-11-7-12-24-57)80-76(58-25-13-8-14-26-58)66-46-42-62(50-70(66)78(82(80)81)60-29-17-10-18-30-60)88(72-48-52(2)36-38-54(72)4)84-56(6)40-44-68-64-32-20-22-34-74(64)90-86(68)84/h7-50H,1-6H3. The first-order chi connectivity index (χ1) is 44.2. The van der Waals surface area contributed by atoms with E-state index in [1.54, 1.807) is 0 Å². The fraction of sp³-hybridized carbons (Fsp3) is 0.0698. The van der Waals surface area contributed by atoms with Crippen molar-refractivity contribution in [3.63, 3.8) is 0 Å². The maximum absolute atomic E-state index is 7.01.